The highest BCUT2D eigenvalue weighted by molar-refractivity contribution is 6.00. The third-order valence-electron chi connectivity index (χ3n) is 18.0. The molecule has 0 spiro atoms. The molecule has 0 aliphatic heterocycles. The molecule has 6 aromatic rings. The highest BCUT2D eigenvalue weighted by Crippen LogP contribution is 2.19. The van der Waals surface area contributed by atoms with Crippen LogP contribution in [-0.2, 0) is 99.3 Å². The van der Waals surface area contributed by atoms with Gasteiger partial charge in [0.15, 0.2) is 11.9 Å². The van der Waals surface area contributed by atoms with Crippen molar-refractivity contribution in [2.75, 3.05) is 26.2 Å². The number of fused-ring (bicyclic) bond motifs is 1. The maximum Gasteiger partial charge on any atom is 0.343 e. The van der Waals surface area contributed by atoms with Gasteiger partial charge in [-0.15, -0.1) is 0 Å². The average molecular weight is 1580 g/mol. The first kappa shape index (κ1) is 89.8. The minimum Gasteiger partial charge on any atom is -0.508 e. The highest BCUT2D eigenvalue weighted by atomic mass is 16.7. The third-order valence-corrected chi connectivity index (χ3v) is 18.0. The second kappa shape index (κ2) is 46.6. The lowest BCUT2D eigenvalue weighted by Crippen LogP contribution is -2.61. The number of amides is 11. The van der Waals surface area contributed by atoms with Crippen LogP contribution in [0, 0.1) is 16.7 Å². The highest BCUT2D eigenvalue weighted by Gasteiger charge is 2.37. The van der Waals surface area contributed by atoms with E-state index in [1.165, 1.54) is 24.7 Å². The van der Waals surface area contributed by atoms with Crippen LogP contribution < -0.4 is 92.2 Å². The Kier molecular flexibility index (Phi) is 36.7. The van der Waals surface area contributed by atoms with Crippen LogP contribution in [0.5, 0.6) is 5.75 Å². The number of imidazole rings is 1. The molecule has 0 saturated carbocycles. The molecule has 11 amide bonds. The van der Waals surface area contributed by atoms with Crippen molar-refractivity contribution in [3.8, 4) is 5.75 Å². The number of unbranched alkanes of at least 4 members (excludes halogenated alkanes) is 1. The zero-order valence-electron chi connectivity index (χ0n) is 63.5. The van der Waals surface area contributed by atoms with Gasteiger partial charge in [-0.25, -0.2) is 9.78 Å². The van der Waals surface area contributed by atoms with E-state index < -0.39 is 175 Å². The van der Waals surface area contributed by atoms with Gasteiger partial charge in [0.25, 0.3) is 0 Å². The van der Waals surface area contributed by atoms with Gasteiger partial charge in [0.05, 0.1) is 25.3 Å². The summed E-state index contributed by atoms with van der Waals surface area (Å²) >= 11 is 0. The summed E-state index contributed by atoms with van der Waals surface area (Å²) in [4.78, 5) is 194. The first-order valence-corrected chi connectivity index (χ1v) is 37.1. The molecular formula is C77H103N21O16. The average Bonchev–Trinajstić information content (AvgIpc) is 0.855. The molecule has 0 radical (unpaired) electrons. The molecule has 0 aliphatic carbocycles. The van der Waals surface area contributed by atoms with E-state index in [4.69, 9.17) is 33.9 Å². The fraction of sp³-hybridized carbons (Fsp3) is 0.403. The molecule has 6 rings (SSSR count). The summed E-state index contributed by atoms with van der Waals surface area (Å²) in [6, 6.07) is 20.5. The predicted molar refractivity (Wildman–Crippen MR) is 419 cm³/mol. The van der Waals surface area contributed by atoms with Gasteiger partial charge >= 0.3 is 11.9 Å². The van der Waals surface area contributed by atoms with Crippen LogP contribution >= 0.6 is 0 Å². The summed E-state index contributed by atoms with van der Waals surface area (Å²) in [6.07, 6.45) is 1.50. The summed E-state index contributed by atoms with van der Waals surface area (Å²) in [7, 11) is 0. The van der Waals surface area contributed by atoms with Gasteiger partial charge in [-0.05, 0) is 89.6 Å². The van der Waals surface area contributed by atoms with Crippen LogP contribution in [0.3, 0.4) is 0 Å². The van der Waals surface area contributed by atoms with E-state index in [9.17, 15) is 58.2 Å². The lowest BCUT2D eigenvalue weighted by atomic mass is 9.99. The van der Waals surface area contributed by atoms with E-state index in [1.54, 1.807) is 123 Å². The van der Waals surface area contributed by atoms with Gasteiger partial charge in [-0.1, -0.05) is 149 Å². The molecule has 37 nitrogen and oxygen atoms in total. The van der Waals surface area contributed by atoms with Crippen molar-refractivity contribution in [3.63, 3.8) is 0 Å². The molecule has 612 valence electrons. The van der Waals surface area contributed by atoms with Crippen LogP contribution in [0.2, 0.25) is 0 Å². The largest absolute Gasteiger partial charge is 0.508 e. The number of carboxylic acids is 1. The Morgan fingerprint density at radius 1 is 0.465 bits per heavy atom. The van der Waals surface area contributed by atoms with Crippen molar-refractivity contribution >= 4 is 99.6 Å². The van der Waals surface area contributed by atoms with Gasteiger partial charge in [0, 0.05) is 50.7 Å². The van der Waals surface area contributed by atoms with Crippen molar-refractivity contribution in [2.24, 2.45) is 29.0 Å². The van der Waals surface area contributed by atoms with Crippen molar-refractivity contribution < 1.29 is 77.4 Å². The predicted octanol–water partition coefficient (Wildman–Crippen LogP) is -2.03. The van der Waals surface area contributed by atoms with E-state index in [0.717, 1.165) is 5.39 Å². The Morgan fingerprint density at radius 2 is 0.895 bits per heavy atom. The molecule has 0 fully saturated rings. The zero-order valence-corrected chi connectivity index (χ0v) is 63.5. The molecule has 0 saturated heterocycles. The maximum absolute atomic E-state index is 15.2. The number of hydrogen-bond donors (Lipinski definition) is 22. The van der Waals surface area contributed by atoms with Crippen LogP contribution in [-0.4, -0.2) is 196 Å². The van der Waals surface area contributed by atoms with E-state index >= 15 is 14.4 Å². The molecule has 5 aromatic carbocycles. The SMILES string of the molecule is CCCC[C@H](NC(=O)[C@@H](NC(=O)[C@@H](N)Cc1ccc(O)cc1)C(C)C)C(=O)NCC(=O)N[C@@H](Cc1cnc[nH]1)C(=O)N[C@@H](Cc1ccccc1)C(=O)N[C@@H](CCCNC(=N)N)C(=O)N[C@H](Cc1ccc2ccccc2c1)C(=O)N[C@@H](CC(=O)O)C(=O)N[C@@H](CCCNC(=N)N)C(=O)N[C@@H](Cc1ccccc1)C(=O)NCC(=O)ON. The summed E-state index contributed by atoms with van der Waals surface area (Å²) in [5.41, 5.74) is 19.9. The molecular weight excluding hydrogens is 1470 g/mol. The molecule has 10 atom stereocenters. The summed E-state index contributed by atoms with van der Waals surface area (Å²) in [5, 5.41) is 70.6. The van der Waals surface area contributed by atoms with E-state index in [0.29, 0.717) is 46.2 Å². The maximum atomic E-state index is 15.2. The van der Waals surface area contributed by atoms with Crippen LogP contribution in [0.15, 0.2) is 140 Å². The normalized spacial score (nSPS) is 13.6. The molecule has 0 unspecified atom stereocenters. The molecule has 26 N–H and O–H groups in total. The number of guanidine groups is 2. The summed E-state index contributed by atoms with van der Waals surface area (Å²) in [5.74, 6) is -9.06. The van der Waals surface area contributed by atoms with Crippen molar-refractivity contribution in [3.05, 3.63) is 168 Å². The van der Waals surface area contributed by atoms with Gasteiger partial charge in [-0.2, -0.15) is 5.90 Å². The minimum absolute atomic E-state index is 0.00821. The number of aromatic amines is 1. The quantitative estimate of drug-likeness (QED) is 0.00848. The molecule has 37 heteroatoms. The zero-order chi connectivity index (χ0) is 83.2. The number of carboxylic acid groups (broad SMARTS) is 1. The number of aromatic nitrogens is 2. The van der Waals surface area contributed by atoms with Crippen LogP contribution in [0.4, 0.5) is 0 Å². The van der Waals surface area contributed by atoms with Crippen molar-refractivity contribution in [1.29, 1.82) is 10.8 Å². The first-order chi connectivity index (χ1) is 54.5. The molecule has 1 heterocycles. The number of rotatable bonds is 47. The number of benzene rings is 5. The second-order valence-electron chi connectivity index (χ2n) is 27.4. The van der Waals surface area contributed by atoms with E-state index in [-0.39, 0.29) is 83.0 Å². The summed E-state index contributed by atoms with van der Waals surface area (Å²) in [6.45, 7) is 3.80. The fourth-order valence-electron chi connectivity index (χ4n) is 11.9. The summed E-state index contributed by atoms with van der Waals surface area (Å²) < 4.78 is 0. The number of phenols is 1. The topological polar surface area (TPSA) is 608 Å². The van der Waals surface area contributed by atoms with Gasteiger partial charge < -0.3 is 106 Å². The van der Waals surface area contributed by atoms with E-state index in [1.807, 2.05) is 13.0 Å². The lowest BCUT2D eigenvalue weighted by molar-refractivity contribution is -0.144. The molecule has 1 aromatic heterocycles. The number of H-pyrrole nitrogens is 1. The number of nitrogens with one attached hydrogen (secondary N) is 16. The fourth-order valence-corrected chi connectivity index (χ4v) is 11.9. The first-order valence-electron chi connectivity index (χ1n) is 37.1. The number of aromatic hydroxyl groups is 1. The Bertz CT molecular complexity index is 4250. The number of aliphatic carboxylic acids is 1. The third kappa shape index (κ3) is 31.4. The molecule has 0 bridgehead atoms. The Labute approximate surface area is 657 Å². The van der Waals surface area contributed by atoms with Crippen LogP contribution in [0.25, 0.3) is 10.8 Å². The number of carbonyl (C=O) groups is 13. The number of phenolic OH excluding ortho intramolecular Hbond substituents is 1. The van der Waals surface area contributed by atoms with E-state index in [2.05, 4.69) is 83.9 Å². The van der Waals surface area contributed by atoms with Gasteiger partial charge in [-0.3, -0.25) is 68.4 Å². The van der Waals surface area contributed by atoms with Crippen molar-refractivity contribution in [2.45, 2.75) is 165 Å². The van der Waals surface area contributed by atoms with Gasteiger partial charge in [0.2, 0.25) is 65.0 Å². The Morgan fingerprint density at radius 3 is 1.40 bits per heavy atom. The smallest absolute Gasteiger partial charge is 0.343 e. The number of carbonyl (C=O) groups excluding carboxylic acids is 12. The Balaban J connectivity index is 1.26. The number of nitrogens with two attached hydrogens (primary N) is 4. The molecule has 114 heavy (non-hydrogen) atoms. The lowest BCUT2D eigenvalue weighted by Gasteiger charge is -2.28. The van der Waals surface area contributed by atoms with Crippen molar-refractivity contribution in [1.82, 2.24) is 79.1 Å². The van der Waals surface area contributed by atoms with Crippen LogP contribution in [0.1, 0.15) is 100 Å². The number of nitrogens with zero attached hydrogens (tertiary/aromatic N) is 1. The minimum atomic E-state index is -2.00. The monoisotopic (exact) mass is 1580 g/mol. The Hall–Kier alpha value is -13.1. The number of hydrogen-bond acceptors (Lipinski definition) is 20. The standard InChI is InChI=1S/C77H103N21O16/c1-4-5-22-54(93-75(113)65(44(2)3)98-66(104)53(78)34-47-26-29-52(99)30-27-47)67(105)87-41-62(100)90-60(38-51-40-84-43-89-51)73(111)96-58(36-46-18-10-7-11-19-46)71(109)91-56(24-15-32-86-77(81)82)70(108)95-59(37-48-25-28-49-20-12-13-21-50(49)33-48)72(110)97-61(39-63(101)102)74(112)92-55(23-14-31-85-76(79)80)69(107)94-57(35-45-16-8-6-9-17-45)68(106)88-42-64(103)114-83/h6-13,16-21,25-30,33,40,43-44,53-61,65,99H,4-5,14-15,22-24,31-32,34-39,41-42,78,83H2,1-3H3,(H,84,89)(H,87,105)(H,88,106)(H,90,100)(H,91,109)(H,92,112)(H,93,113)(H,94,107)(H,95,108)(H,96,111)(H,97,110)(H,98,104)(H,101,102)(H4,79,80,85)(H4,81,82,86)/t53-,54-,55-,56-,57-,58-,59+,60-,61-,65-/m0/s1. The molecule has 0 aliphatic rings. The van der Waals surface area contributed by atoms with Gasteiger partial charge in [0.1, 0.15) is 66.7 Å². The second-order valence-corrected chi connectivity index (χ2v) is 27.4.